The summed E-state index contributed by atoms with van der Waals surface area (Å²) in [6, 6.07) is 10.3. The molecule has 89 valence electrons. The van der Waals surface area contributed by atoms with E-state index in [1.54, 1.807) is 0 Å². The minimum absolute atomic E-state index is 0.0947. The molecule has 1 saturated heterocycles. The summed E-state index contributed by atoms with van der Waals surface area (Å²) in [5.41, 5.74) is 1.21. The van der Waals surface area contributed by atoms with Crippen LogP contribution in [-0.4, -0.2) is 24.5 Å². The third kappa shape index (κ3) is 4.17. The second-order valence-electron chi connectivity index (χ2n) is 3.71. The molecule has 0 unspecified atom stereocenters. The van der Waals surface area contributed by atoms with E-state index in [1.165, 1.54) is 18.4 Å². The van der Waals surface area contributed by atoms with Gasteiger partial charge in [-0.1, -0.05) is 0 Å². The zero-order valence-corrected chi connectivity index (χ0v) is 11.7. The van der Waals surface area contributed by atoms with E-state index in [0.29, 0.717) is 0 Å². The molecule has 3 heteroatoms. The van der Waals surface area contributed by atoms with Crippen molar-refractivity contribution in [2.24, 2.45) is 4.99 Å². The van der Waals surface area contributed by atoms with E-state index in [0.717, 1.165) is 22.7 Å². The van der Waals surface area contributed by atoms with Gasteiger partial charge in [-0.15, -0.1) is 0 Å². The molecule has 2 rings (SSSR count). The second kappa shape index (κ2) is 6.95. The van der Waals surface area contributed by atoms with E-state index in [4.69, 9.17) is 4.74 Å². The van der Waals surface area contributed by atoms with Gasteiger partial charge in [0.1, 0.15) is 0 Å². The molecule has 1 heterocycles. The van der Waals surface area contributed by atoms with Gasteiger partial charge >= 0.3 is 105 Å². The Bertz CT molecular complexity index is 320. The third-order valence-corrected chi connectivity index (χ3v) is 6.12. The number of benzene rings is 1. The SMILES string of the molecule is C(=N[CH2][Ir][CH]1CCOCC1)c1ccccc1. The van der Waals surface area contributed by atoms with E-state index in [1.807, 2.05) is 12.3 Å². The summed E-state index contributed by atoms with van der Waals surface area (Å²) in [4.78, 5) is 4.53. The summed E-state index contributed by atoms with van der Waals surface area (Å²) < 4.78 is 6.30. The van der Waals surface area contributed by atoms with E-state index in [-0.39, 0.29) is 17.7 Å². The monoisotopic (exact) mass is 396 g/mol. The van der Waals surface area contributed by atoms with E-state index in [2.05, 4.69) is 29.3 Å². The van der Waals surface area contributed by atoms with Gasteiger partial charge in [0.25, 0.3) is 0 Å². The zero-order chi connectivity index (χ0) is 11.1. The van der Waals surface area contributed by atoms with Gasteiger partial charge in [0.05, 0.1) is 0 Å². The first-order valence-corrected chi connectivity index (χ1v) is 8.67. The molecule has 1 aromatic carbocycles. The van der Waals surface area contributed by atoms with Gasteiger partial charge in [-0.3, -0.25) is 0 Å². The predicted octanol–water partition coefficient (Wildman–Crippen LogP) is 2.74. The quantitative estimate of drug-likeness (QED) is 0.719. The first-order chi connectivity index (χ1) is 7.95. The van der Waals surface area contributed by atoms with Crippen LogP contribution in [0.1, 0.15) is 18.4 Å². The first-order valence-electron chi connectivity index (χ1n) is 5.60. The number of hydrogen-bond donors (Lipinski definition) is 0. The molecule has 0 aliphatic carbocycles. The molecule has 0 saturated carbocycles. The van der Waals surface area contributed by atoms with Crippen molar-refractivity contribution >= 4 is 6.21 Å². The normalized spacial score (nSPS) is 18.2. The van der Waals surface area contributed by atoms with Crippen molar-refractivity contribution < 1.29 is 22.4 Å². The van der Waals surface area contributed by atoms with Gasteiger partial charge in [-0.25, -0.2) is 0 Å². The van der Waals surface area contributed by atoms with Gasteiger partial charge in [0.2, 0.25) is 0 Å². The van der Waals surface area contributed by atoms with Crippen molar-refractivity contribution in [2.75, 3.05) is 18.3 Å². The Balaban J connectivity index is 1.69. The molecular weight excluding hydrogens is 378 g/mol. The molecule has 1 aliphatic rings. The number of aliphatic imine (C=N–C) groups is 1. The van der Waals surface area contributed by atoms with Crippen molar-refractivity contribution in [1.29, 1.82) is 0 Å². The summed E-state index contributed by atoms with van der Waals surface area (Å²) in [5, 5.41) is 1.07. The van der Waals surface area contributed by atoms with Crippen molar-refractivity contribution in [3.8, 4) is 0 Å². The van der Waals surface area contributed by atoms with Crippen LogP contribution >= 0.6 is 0 Å². The van der Waals surface area contributed by atoms with Crippen LogP contribution in [0, 0.1) is 0 Å². The van der Waals surface area contributed by atoms with Crippen LogP contribution in [0.3, 0.4) is 0 Å². The molecule has 0 bridgehead atoms. The Morgan fingerprint density at radius 1 is 1.25 bits per heavy atom. The Kier molecular flexibility index (Phi) is 5.20. The van der Waals surface area contributed by atoms with Gasteiger partial charge in [-0.2, -0.15) is 0 Å². The average molecular weight is 396 g/mol. The molecule has 0 amide bonds. The number of ether oxygens (including phenoxy) is 1. The Morgan fingerprint density at radius 3 is 2.75 bits per heavy atom. The molecule has 16 heavy (non-hydrogen) atoms. The van der Waals surface area contributed by atoms with Crippen molar-refractivity contribution in [3.05, 3.63) is 35.9 Å². The second-order valence-corrected chi connectivity index (χ2v) is 7.41. The average Bonchev–Trinajstić information content (AvgIpc) is 2.37. The van der Waals surface area contributed by atoms with E-state index in [9.17, 15) is 0 Å². The van der Waals surface area contributed by atoms with Crippen LogP contribution in [0.2, 0.25) is 4.43 Å². The third-order valence-electron chi connectivity index (χ3n) is 2.48. The van der Waals surface area contributed by atoms with Gasteiger partial charge in [0, 0.05) is 0 Å². The molecule has 0 aromatic heterocycles. The molecule has 1 aliphatic heterocycles. The topological polar surface area (TPSA) is 21.6 Å². The molecule has 0 atom stereocenters. The molecule has 0 spiro atoms. The van der Waals surface area contributed by atoms with E-state index >= 15 is 0 Å². The van der Waals surface area contributed by atoms with Gasteiger partial charge < -0.3 is 0 Å². The minimum atomic E-state index is 0.0947. The van der Waals surface area contributed by atoms with Crippen LogP contribution in [0.25, 0.3) is 0 Å². The Labute approximate surface area is 105 Å². The fourth-order valence-corrected chi connectivity index (χ4v) is 4.22. The molecule has 1 fully saturated rings. The summed E-state index contributed by atoms with van der Waals surface area (Å²) >= 11 is 0.0947. The van der Waals surface area contributed by atoms with Crippen LogP contribution in [0.5, 0.6) is 0 Å². The zero-order valence-electron chi connectivity index (χ0n) is 9.27. The summed E-state index contributed by atoms with van der Waals surface area (Å²) in [6.45, 7) is 1.94. The first kappa shape index (κ1) is 12.0. The van der Waals surface area contributed by atoms with Crippen molar-refractivity contribution in [3.63, 3.8) is 0 Å². The summed E-state index contributed by atoms with van der Waals surface area (Å²) in [7, 11) is 0. The number of hydrogen-bond acceptors (Lipinski definition) is 2. The van der Waals surface area contributed by atoms with Crippen LogP contribution < -0.4 is 0 Å². The van der Waals surface area contributed by atoms with Gasteiger partial charge in [-0.05, 0) is 0 Å². The molecule has 0 N–H and O–H groups in total. The standard InChI is InChI=1S/C8H8N.C5H9O.Ir/c1-9-7-8-5-3-2-4-6-8;1-2-4-6-5-3-1;/h2-7H,1H2;1H,2-5H2;. The predicted molar refractivity (Wildman–Crippen MR) is 62.7 cm³/mol. The Morgan fingerprint density at radius 2 is 2.00 bits per heavy atom. The fraction of sp³-hybridized carbons (Fsp3) is 0.462. The van der Waals surface area contributed by atoms with E-state index < -0.39 is 0 Å². The Hall–Kier alpha value is -0.501. The summed E-state index contributed by atoms with van der Waals surface area (Å²) in [6.07, 6.45) is 4.53. The van der Waals surface area contributed by atoms with Crippen LogP contribution in [-0.2, 0) is 22.4 Å². The number of nitrogens with zero attached hydrogens (tertiary/aromatic N) is 1. The van der Waals surface area contributed by atoms with Crippen LogP contribution in [0.4, 0.5) is 0 Å². The molecule has 0 radical (unpaired) electrons. The fourth-order valence-electron chi connectivity index (χ4n) is 1.59. The van der Waals surface area contributed by atoms with Gasteiger partial charge in [0.15, 0.2) is 0 Å². The maximum atomic E-state index is 5.36. The maximum absolute atomic E-state index is 5.36. The number of rotatable bonds is 4. The molecular formula is C13H17IrNO. The van der Waals surface area contributed by atoms with Crippen LogP contribution in [0.15, 0.2) is 35.3 Å². The molecule has 2 nitrogen and oxygen atoms in total. The van der Waals surface area contributed by atoms with Crippen molar-refractivity contribution in [2.45, 2.75) is 17.3 Å². The molecule has 1 aromatic rings. The summed E-state index contributed by atoms with van der Waals surface area (Å²) in [5.74, 6) is 0. The van der Waals surface area contributed by atoms with Crippen molar-refractivity contribution in [1.82, 2.24) is 0 Å².